The quantitative estimate of drug-likeness (QED) is 0.886. The van der Waals surface area contributed by atoms with E-state index in [9.17, 15) is 0 Å². The van der Waals surface area contributed by atoms with Crippen LogP contribution in [0, 0.1) is 13.8 Å². The van der Waals surface area contributed by atoms with Gasteiger partial charge >= 0.3 is 0 Å². The number of piperidine rings is 1. The molecule has 2 aliphatic rings. The van der Waals surface area contributed by atoms with Gasteiger partial charge in [-0.15, -0.1) is 11.3 Å². The van der Waals surface area contributed by atoms with Crippen molar-refractivity contribution >= 4 is 11.3 Å². The molecule has 3 rings (SSSR count). The highest BCUT2D eigenvalue weighted by Crippen LogP contribution is 2.31. The smallest absolute Gasteiger partial charge is 0.0247 e. The van der Waals surface area contributed by atoms with E-state index in [0.29, 0.717) is 0 Å². The maximum atomic E-state index is 3.77. The molecule has 1 aromatic rings. The van der Waals surface area contributed by atoms with Crippen LogP contribution in [0.4, 0.5) is 0 Å². The van der Waals surface area contributed by atoms with Crippen molar-refractivity contribution in [2.45, 2.75) is 77.5 Å². The minimum Gasteiger partial charge on any atom is -0.311 e. The van der Waals surface area contributed by atoms with E-state index in [-0.39, 0.29) is 0 Å². The minimum absolute atomic E-state index is 0.795. The van der Waals surface area contributed by atoms with E-state index in [1.165, 1.54) is 48.4 Å². The third-order valence-electron chi connectivity index (χ3n) is 4.99. The Bertz CT molecular complexity index is 442. The Morgan fingerprint density at radius 3 is 2.50 bits per heavy atom. The fourth-order valence-electron chi connectivity index (χ4n) is 4.06. The normalized spacial score (nSPS) is 29.3. The maximum Gasteiger partial charge on any atom is 0.0247 e. The van der Waals surface area contributed by atoms with Crippen molar-refractivity contribution in [3.8, 4) is 0 Å². The molecule has 2 fully saturated rings. The van der Waals surface area contributed by atoms with Crippen LogP contribution in [0.2, 0.25) is 0 Å². The fraction of sp³-hybridized carbons (Fsp3) is 0.765. The number of nitrogens with one attached hydrogen (secondary N) is 1. The summed E-state index contributed by atoms with van der Waals surface area (Å²) in [6.07, 6.45) is 6.79. The van der Waals surface area contributed by atoms with E-state index in [0.717, 1.165) is 24.7 Å². The second-order valence-corrected chi connectivity index (χ2v) is 8.13. The molecule has 2 saturated heterocycles. The van der Waals surface area contributed by atoms with Crippen molar-refractivity contribution in [3.63, 3.8) is 0 Å². The number of hydrogen-bond donors (Lipinski definition) is 1. The van der Waals surface area contributed by atoms with Crippen molar-refractivity contribution in [2.24, 2.45) is 0 Å². The zero-order valence-corrected chi connectivity index (χ0v) is 13.9. The molecule has 2 aliphatic heterocycles. The summed E-state index contributed by atoms with van der Waals surface area (Å²) < 4.78 is 0. The van der Waals surface area contributed by atoms with Crippen LogP contribution in [-0.2, 0) is 6.54 Å². The third-order valence-corrected chi connectivity index (χ3v) is 6.00. The molecule has 0 spiro atoms. The predicted octanol–water partition coefficient (Wildman–Crippen LogP) is 3.86. The van der Waals surface area contributed by atoms with Gasteiger partial charge in [0.05, 0.1) is 0 Å². The lowest BCUT2D eigenvalue weighted by Crippen LogP contribution is -2.48. The average molecular weight is 292 g/mol. The van der Waals surface area contributed by atoms with Crippen molar-refractivity contribution in [1.29, 1.82) is 0 Å². The molecule has 1 N–H and O–H groups in total. The van der Waals surface area contributed by atoms with Gasteiger partial charge < -0.3 is 5.32 Å². The molecular weight excluding hydrogens is 264 g/mol. The van der Waals surface area contributed by atoms with Crippen LogP contribution >= 0.6 is 11.3 Å². The van der Waals surface area contributed by atoms with Gasteiger partial charge in [-0.3, -0.25) is 4.90 Å². The summed E-state index contributed by atoms with van der Waals surface area (Å²) in [7, 11) is 0. The van der Waals surface area contributed by atoms with Gasteiger partial charge in [0.25, 0.3) is 0 Å². The molecule has 2 nitrogen and oxygen atoms in total. The Balaban J connectivity index is 1.70. The molecular formula is C17H28N2S. The van der Waals surface area contributed by atoms with E-state index in [1.807, 2.05) is 11.3 Å². The van der Waals surface area contributed by atoms with Crippen LogP contribution in [0.25, 0.3) is 0 Å². The summed E-state index contributed by atoms with van der Waals surface area (Å²) in [5, 5.41) is 3.77. The van der Waals surface area contributed by atoms with Crippen LogP contribution in [0.1, 0.15) is 54.3 Å². The standard InChI is InChI=1S/C17H28N2S/c1-4-7-19(11-14-8-12(2)20-13(14)3)17-9-15-5-6-16(10-17)18-15/h8,15-18H,4-7,9-11H2,1-3H3. The molecule has 20 heavy (non-hydrogen) atoms. The average Bonchev–Trinajstić information content (AvgIpc) is 2.91. The van der Waals surface area contributed by atoms with E-state index in [2.05, 4.69) is 37.1 Å². The van der Waals surface area contributed by atoms with Crippen LogP contribution in [0.5, 0.6) is 0 Å². The lowest BCUT2D eigenvalue weighted by molar-refractivity contribution is 0.134. The van der Waals surface area contributed by atoms with Gasteiger partial charge in [0.2, 0.25) is 0 Å². The van der Waals surface area contributed by atoms with Gasteiger partial charge in [0, 0.05) is 34.4 Å². The summed E-state index contributed by atoms with van der Waals surface area (Å²) in [5.41, 5.74) is 1.56. The molecule has 0 aliphatic carbocycles. The number of aryl methyl sites for hydroxylation is 2. The molecule has 2 bridgehead atoms. The molecule has 2 atom stereocenters. The monoisotopic (exact) mass is 292 g/mol. The first-order valence-electron chi connectivity index (χ1n) is 8.21. The van der Waals surface area contributed by atoms with Crippen LogP contribution in [0.3, 0.4) is 0 Å². The maximum absolute atomic E-state index is 3.77. The molecule has 1 aromatic heterocycles. The predicted molar refractivity (Wildman–Crippen MR) is 87.5 cm³/mol. The third kappa shape index (κ3) is 3.10. The molecule has 112 valence electrons. The molecule has 0 amide bonds. The van der Waals surface area contributed by atoms with Crippen molar-refractivity contribution < 1.29 is 0 Å². The molecule has 0 saturated carbocycles. The molecule has 3 heterocycles. The lowest BCUT2D eigenvalue weighted by Gasteiger charge is -2.37. The van der Waals surface area contributed by atoms with Crippen molar-refractivity contribution in [3.05, 3.63) is 21.4 Å². The van der Waals surface area contributed by atoms with Crippen LogP contribution < -0.4 is 5.32 Å². The minimum atomic E-state index is 0.795. The number of rotatable bonds is 5. The zero-order valence-electron chi connectivity index (χ0n) is 13.1. The Morgan fingerprint density at radius 1 is 1.25 bits per heavy atom. The first-order valence-corrected chi connectivity index (χ1v) is 9.03. The largest absolute Gasteiger partial charge is 0.311 e. The van der Waals surface area contributed by atoms with Gasteiger partial charge in [-0.2, -0.15) is 0 Å². The molecule has 3 heteroatoms. The Labute approximate surface area is 127 Å². The molecule has 0 aromatic carbocycles. The topological polar surface area (TPSA) is 15.3 Å². The number of thiophene rings is 1. The first-order chi connectivity index (χ1) is 9.65. The first kappa shape index (κ1) is 14.6. The van der Waals surface area contributed by atoms with E-state index in [1.54, 1.807) is 5.56 Å². The highest BCUT2D eigenvalue weighted by atomic mass is 32.1. The van der Waals surface area contributed by atoms with Gasteiger partial charge in [0.15, 0.2) is 0 Å². The van der Waals surface area contributed by atoms with Crippen LogP contribution in [0.15, 0.2) is 6.07 Å². The van der Waals surface area contributed by atoms with Crippen molar-refractivity contribution in [2.75, 3.05) is 6.54 Å². The van der Waals surface area contributed by atoms with E-state index < -0.39 is 0 Å². The Hall–Kier alpha value is -0.380. The van der Waals surface area contributed by atoms with Gasteiger partial charge in [-0.25, -0.2) is 0 Å². The zero-order chi connectivity index (χ0) is 14.1. The Morgan fingerprint density at radius 2 is 1.95 bits per heavy atom. The highest BCUT2D eigenvalue weighted by Gasteiger charge is 2.35. The number of nitrogens with zero attached hydrogens (tertiary/aromatic N) is 1. The summed E-state index contributed by atoms with van der Waals surface area (Å²) >= 11 is 1.95. The van der Waals surface area contributed by atoms with Crippen molar-refractivity contribution in [1.82, 2.24) is 10.2 Å². The summed E-state index contributed by atoms with van der Waals surface area (Å²) in [6, 6.07) is 4.79. The molecule has 2 unspecified atom stereocenters. The van der Waals surface area contributed by atoms with E-state index >= 15 is 0 Å². The second kappa shape index (κ2) is 6.17. The second-order valence-electron chi connectivity index (χ2n) is 6.67. The van der Waals surface area contributed by atoms with E-state index in [4.69, 9.17) is 0 Å². The Kier molecular flexibility index (Phi) is 4.49. The summed E-state index contributed by atoms with van der Waals surface area (Å²) in [6.45, 7) is 9.24. The highest BCUT2D eigenvalue weighted by molar-refractivity contribution is 7.12. The van der Waals surface area contributed by atoms with Crippen LogP contribution in [-0.4, -0.2) is 29.6 Å². The molecule has 0 radical (unpaired) electrons. The van der Waals surface area contributed by atoms with Gasteiger partial charge in [-0.05, 0) is 64.1 Å². The SMILES string of the molecule is CCCN(Cc1cc(C)sc1C)C1CC2CCC(C1)N2. The number of fused-ring (bicyclic) bond motifs is 2. The summed E-state index contributed by atoms with van der Waals surface area (Å²) in [5.74, 6) is 0. The van der Waals surface area contributed by atoms with Gasteiger partial charge in [0.1, 0.15) is 0 Å². The summed E-state index contributed by atoms with van der Waals surface area (Å²) in [4.78, 5) is 5.74. The lowest BCUT2D eigenvalue weighted by atomic mass is 9.97. The fourth-order valence-corrected chi connectivity index (χ4v) is 5.00. The van der Waals surface area contributed by atoms with Gasteiger partial charge in [-0.1, -0.05) is 6.92 Å². The number of hydrogen-bond acceptors (Lipinski definition) is 3.